The SMILES string of the molecule is O=C(NCCS(=O)(=O)N1CCN(c2ccc(F)cc2)CC1)c1cc([N+](=O)[O-])ccc1Cl. The summed E-state index contributed by atoms with van der Waals surface area (Å²) in [4.78, 5) is 24.4. The number of anilines is 1. The lowest BCUT2D eigenvalue weighted by molar-refractivity contribution is -0.384. The molecule has 0 bridgehead atoms. The summed E-state index contributed by atoms with van der Waals surface area (Å²) in [5, 5.41) is 13.3. The molecular weight excluding hydrogens is 451 g/mol. The Balaban J connectivity index is 1.53. The largest absolute Gasteiger partial charge is 0.369 e. The summed E-state index contributed by atoms with van der Waals surface area (Å²) in [5.41, 5.74) is 0.432. The van der Waals surface area contributed by atoms with Gasteiger partial charge in [0.1, 0.15) is 5.82 Å². The molecule has 1 aliphatic heterocycles. The van der Waals surface area contributed by atoms with Crippen LogP contribution in [0.25, 0.3) is 0 Å². The molecule has 2 aromatic rings. The Morgan fingerprint density at radius 1 is 1.13 bits per heavy atom. The molecule has 2 aromatic carbocycles. The molecule has 9 nitrogen and oxygen atoms in total. The molecule has 0 aromatic heterocycles. The Hall–Kier alpha value is -2.76. The first-order valence-corrected chi connectivity index (χ1v) is 11.4. The molecule has 0 spiro atoms. The molecule has 1 fully saturated rings. The van der Waals surface area contributed by atoms with E-state index in [2.05, 4.69) is 5.32 Å². The minimum Gasteiger partial charge on any atom is -0.369 e. The fourth-order valence-corrected chi connectivity index (χ4v) is 4.74. The van der Waals surface area contributed by atoms with Crippen LogP contribution in [-0.4, -0.2) is 62.0 Å². The average Bonchev–Trinajstić information content (AvgIpc) is 2.74. The van der Waals surface area contributed by atoms with Crippen molar-refractivity contribution in [1.29, 1.82) is 0 Å². The quantitative estimate of drug-likeness (QED) is 0.490. The minimum absolute atomic E-state index is 0.0304. The van der Waals surface area contributed by atoms with Crippen molar-refractivity contribution in [2.75, 3.05) is 43.4 Å². The zero-order valence-corrected chi connectivity index (χ0v) is 17.9. The molecule has 1 heterocycles. The third kappa shape index (κ3) is 5.69. The van der Waals surface area contributed by atoms with Crippen molar-refractivity contribution in [2.45, 2.75) is 0 Å². The van der Waals surface area contributed by atoms with E-state index in [-0.39, 0.29) is 47.5 Å². The van der Waals surface area contributed by atoms with Crippen LogP contribution >= 0.6 is 11.6 Å². The van der Waals surface area contributed by atoms with E-state index in [1.54, 1.807) is 12.1 Å². The molecule has 12 heteroatoms. The Labute approximate surface area is 183 Å². The van der Waals surface area contributed by atoms with Crippen LogP contribution in [0.5, 0.6) is 0 Å². The van der Waals surface area contributed by atoms with Gasteiger partial charge in [0.25, 0.3) is 11.6 Å². The number of halogens is 2. The number of sulfonamides is 1. The highest BCUT2D eigenvalue weighted by atomic mass is 35.5. The smallest absolute Gasteiger partial charge is 0.270 e. The second kappa shape index (κ2) is 9.58. The lowest BCUT2D eigenvalue weighted by Gasteiger charge is -2.35. The van der Waals surface area contributed by atoms with Crippen molar-refractivity contribution < 1.29 is 22.5 Å². The summed E-state index contributed by atoms with van der Waals surface area (Å²) in [6.07, 6.45) is 0. The summed E-state index contributed by atoms with van der Waals surface area (Å²) in [6, 6.07) is 9.47. The first-order chi connectivity index (χ1) is 14.7. The van der Waals surface area contributed by atoms with Gasteiger partial charge in [-0.25, -0.2) is 12.8 Å². The number of nitrogens with one attached hydrogen (secondary N) is 1. The number of nitro groups is 1. The Morgan fingerprint density at radius 2 is 1.77 bits per heavy atom. The van der Waals surface area contributed by atoms with Gasteiger partial charge in [0.2, 0.25) is 10.0 Å². The number of nitro benzene ring substituents is 1. The number of carbonyl (C=O) groups is 1. The maximum Gasteiger partial charge on any atom is 0.270 e. The number of hydrogen-bond donors (Lipinski definition) is 1. The first kappa shape index (κ1) is 22.9. The van der Waals surface area contributed by atoms with Gasteiger partial charge in [-0.05, 0) is 30.3 Å². The second-order valence-electron chi connectivity index (χ2n) is 6.86. The summed E-state index contributed by atoms with van der Waals surface area (Å²) < 4.78 is 39.6. The van der Waals surface area contributed by atoms with Gasteiger partial charge in [-0.2, -0.15) is 4.31 Å². The predicted octanol–water partition coefficient (Wildman–Crippen LogP) is 2.27. The monoisotopic (exact) mass is 470 g/mol. The van der Waals surface area contributed by atoms with Gasteiger partial charge < -0.3 is 10.2 Å². The molecule has 0 atom stereocenters. The topological polar surface area (TPSA) is 113 Å². The standard InChI is InChI=1S/C19H20ClFN4O5S/c20-18-6-5-16(25(27)28)13-17(18)19(26)22-7-12-31(29,30)24-10-8-23(9-11-24)15-3-1-14(21)2-4-15/h1-6,13H,7-12H2,(H,22,26). The van der Waals surface area contributed by atoms with E-state index in [4.69, 9.17) is 11.6 Å². The van der Waals surface area contributed by atoms with Crippen molar-refractivity contribution in [3.8, 4) is 0 Å². The zero-order chi connectivity index (χ0) is 22.6. The van der Waals surface area contributed by atoms with Crippen LogP contribution in [0.2, 0.25) is 5.02 Å². The van der Waals surface area contributed by atoms with E-state index in [1.165, 1.54) is 28.6 Å². The van der Waals surface area contributed by atoms with Gasteiger partial charge in [-0.1, -0.05) is 11.6 Å². The number of piperazine rings is 1. The van der Waals surface area contributed by atoms with Crippen molar-refractivity contribution in [3.05, 3.63) is 69.0 Å². The van der Waals surface area contributed by atoms with E-state index >= 15 is 0 Å². The fourth-order valence-electron chi connectivity index (χ4n) is 3.20. The van der Waals surface area contributed by atoms with Crippen LogP contribution in [0.1, 0.15) is 10.4 Å². The number of carbonyl (C=O) groups excluding carboxylic acids is 1. The van der Waals surface area contributed by atoms with Crippen LogP contribution in [0.4, 0.5) is 15.8 Å². The van der Waals surface area contributed by atoms with Gasteiger partial charge in [-0.3, -0.25) is 14.9 Å². The molecule has 0 unspecified atom stereocenters. The third-order valence-corrected chi connectivity index (χ3v) is 7.08. The number of rotatable bonds is 7. The lowest BCUT2D eigenvalue weighted by atomic mass is 10.2. The van der Waals surface area contributed by atoms with Crippen LogP contribution in [0.3, 0.4) is 0 Å². The van der Waals surface area contributed by atoms with Crippen LogP contribution in [-0.2, 0) is 10.0 Å². The van der Waals surface area contributed by atoms with Crippen LogP contribution in [0, 0.1) is 15.9 Å². The van der Waals surface area contributed by atoms with E-state index in [0.717, 1.165) is 11.8 Å². The minimum atomic E-state index is -3.61. The summed E-state index contributed by atoms with van der Waals surface area (Å²) in [5.74, 6) is -1.34. The molecule has 166 valence electrons. The van der Waals surface area contributed by atoms with Crippen molar-refractivity contribution in [3.63, 3.8) is 0 Å². The maximum absolute atomic E-state index is 13.1. The molecular formula is C19H20ClFN4O5S. The molecule has 0 radical (unpaired) electrons. The fraction of sp³-hybridized carbons (Fsp3) is 0.316. The van der Waals surface area contributed by atoms with Crippen LogP contribution < -0.4 is 10.2 Å². The molecule has 1 aliphatic rings. The van der Waals surface area contributed by atoms with E-state index in [1.807, 2.05) is 4.90 Å². The van der Waals surface area contributed by atoms with Gasteiger partial charge in [0.05, 0.1) is 21.3 Å². The van der Waals surface area contributed by atoms with Crippen molar-refractivity contribution >= 4 is 38.9 Å². The van der Waals surface area contributed by atoms with Gasteiger partial charge in [0, 0.05) is 50.5 Å². The second-order valence-corrected chi connectivity index (χ2v) is 9.35. The summed E-state index contributed by atoms with van der Waals surface area (Å²) in [7, 11) is -3.61. The Kier molecular flexibility index (Phi) is 7.08. The van der Waals surface area contributed by atoms with Gasteiger partial charge in [-0.15, -0.1) is 0 Å². The predicted molar refractivity (Wildman–Crippen MR) is 114 cm³/mol. The van der Waals surface area contributed by atoms with E-state index < -0.39 is 20.9 Å². The molecule has 1 saturated heterocycles. The van der Waals surface area contributed by atoms with Crippen molar-refractivity contribution in [1.82, 2.24) is 9.62 Å². The molecule has 31 heavy (non-hydrogen) atoms. The highest BCUT2D eigenvalue weighted by molar-refractivity contribution is 7.89. The number of nitrogens with zero attached hydrogens (tertiary/aromatic N) is 3. The van der Waals surface area contributed by atoms with Gasteiger partial charge in [0.15, 0.2) is 0 Å². The lowest BCUT2D eigenvalue weighted by Crippen LogP contribution is -2.50. The molecule has 1 N–H and O–H groups in total. The molecule has 0 saturated carbocycles. The van der Waals surface area contributed by atoms with E-state index in [0.29, 0.717) is 13.1 Å². The number of hydrogen-bond acceptors (Lipinski definition) is 6. The number of amides is 1. The molecule has 0 aliphatic carbocycles. The first-order valence-electron chi connectivity index (χ1n) is 9.38. The summed E-state index contributed by atoms with van der Waals surface area (Å²) >= 11 is 5.92. The normalized spacial score (nSPS) is 15.0. The highest BCUT2D eigenvalue weighted by Crippen LogP contribution is 2.22. The van der Waals surface area contributed by atoms with Crippen LogP contribution in [0.15, 0.2) is 42.5 Å². The maximum atomic E-state index is 13.1. The zero-order valence-electron chi connectivity index (χ0n) is 16.3. The Morgan fingerprint density at radius 3 is 2.39 bits per heavy atom. The highest BCUT2D eigenvalue weighted by Gasteiger charge is 2.27. The molecule has 1 amide bonds. The Bertz CT molecular complexity index is 1070. The number of non-ortho nitro benzene ring substituents is 1. The van der Waals surface area contributed by atoms with Crippen molar-refractivity contribution in [2.24, 2.45) is 0 Å². The van der Waals surface area contributed by atoms with E-state index in [9.17, 15) is 27.7 Å². The number of benzene rings is 2. The summed E-state index contributed by atoms with van der Waals surface area (Å²) in [6.45, 7) is 1.29. The molecule has 3 rings (SSSR count). The van der Waals surface area contributed by atoms with Gasteiger partial charge >= 0.3 is 0 Å². The average molecular weight is 471 g/mol. The third-order valence-electron chi connectivity index (χ3n) is 4.87.